The summed E-state index contributed by atoms with van der Waals surface area (Å²) in [4.78, 5) is 8.02. The van der Waals surface area contributed by atoms with Gasteiger partial charge in [0, 0.05) is 13.1 Å². The van der Waals surface area contributed by atoms with Gasteiger partial charge in [0.15, 0.2) is 0 Å². The molecule has 0 spiro atoms. The summed E-state index contributed by atoms with van der Waals surface area (Å²) in [5.74, 6) is -4.53. The number of piperidine rings is 1. The van der Waals surface area contributed by atoms with Crippen molar-refractivity contribution in [3.8, 4) is 0 Å². The van der Waals surface area contributed by atoms with Crippen molar-refractivity contribution < 1.29 is 37.5 Å². The molecule has 37 heavy (non-hydrogen) atoms. The number of nitrogens with zero attached hydrogens (tertiary/aromatic N) is 3. The van der Waals surface area contributed by atoms with Gasteiger partial charge < -0.3 is 15.3 Å². The first-order valence-corrected chi connectivity index (χ1v) is 14.9. The number of hydrogen-bond donors (Lipinski definition) is 2. The van der Waals surface area contributed by atoms with Crippen molar-refractivity contribution in [1.82, 2.24) is 9.97 Å². The van der Waals surface area contributed by atoms with Crippen LogP contribution >= 0.6 is 10.2 Å². The van der Waals surface area contributed by atoms with E-state index in [1.54, 1.807) is 4.90 Å². The molecule has 0 radical (unpaired) electrons. The van der Waals surface area contributed by atoms with Gasteiger partial charge in [-0.1, -0.05) is 31.6 Å². The second-order valence-electron chi connectivity index (χ2n) is 9.96. The maximum atomic E-state index is 14.7. The summed E-state index contributed by atoms with van der Waals surface area (Å²) < 4.78 is 107. The van der Waals surface area contributed by atoms with Crippen LogP contribution in [0, 0.1) is 0 Å². The lowest BCUT2D eigenvalue weighted by Crippen LogP contribution is -2.49. The Bertz CT molecular complexity index is 1240. The Morgan fingerprint density at radius 1 is 1.05 bits per heavy atom. The van der Waals surface area contributed by atoms with E-state index in [1.807, 2.05) is 0 Å². The first-order chi connectivity index (χ1) is 17.0. The Morgan fingerprint density at radius 3 is 2.19 bits per heavy atom. The molecule has 1 aromatic heterocycles. The summed E-state index contributed by atoms with van der Waals surface area (Å²) in [6.45, 7) is 0.328. The lowest BCUT2D eigenvalue weighted by molar-refractivity contribution is 0.0191. The highest BCUT2D eigenvalue weighted by Crippen LogP contribution is 3.02. The van der Waals surface area contributed by atoms with E-state index < -0.39 is 48.8 Å². The van der Waals surface area contributed by atoms with E-state index in [0.29, 0.717) is 43.4 Å². The standard InChI is InChI=1S/C22H25F7N4O2S2/c23-22(24)13-36(35)17-18(22)30-20(31-19(17)32-21(12-34)8-1-9-21)33-10-6-15(7-11-33)14-2-4-16(5-3-14)37(25,26,27,28)29/h2-5,15,34H,1,6-13H2,(H,30,31,32)/t36-/m0/s1. The fourth-order valence-electron chi connectivity index (χ4n) is 5.02. The molecule has 2 aromatic rings. The number of aliphatic hydroxyl groups excluding tert-OH is 1. The van der Waals surface area contributed by atoms with Crippen LogP contribution in [0.15, 0.2) is 34.1 Å². The number of fused-ring (bicyclic) bond motifs is 1. The molecule has 1 atom stereocenters. The summed E-state index contributed by atoms with van der Waals surface area (Å²) in [6.07, 6.45) is 2.85. The molecule has 5 rings (SSSR count). The third-order valence-corrected chi connectivity index (χ3v) is 9.94. The summed E-state index contributed by atoms with van der Waals surface area (Å²) >= 11 is 0. The Labute approximate surface area is 210 Å². The molecule has 1 saturated carbocycles. The van der Waals surface area contributed by atoms with Crippen LogP contribution in [0.3, 0.4) is 0 Å². The minimum absolute atomic E-state index is 0.00181. The first-order valence-electron chi connectivity index (χ1n) is 11.7. The van der Waals surface area contributed by atoms with Crippen LogP contribution in [-0.2, 0) is 16.7 Å². The highest BCUT2D eigenvalue weighted by atomic mass is 32.5. The number of halogens is 7. The van der Waals surface area contributed by atoms with E-state index in [0.717, 1.165) is 18.6 Å². The molecular formula is C22H25F7N4O2S2. The van der Waals surface area contributed by atoms with Crippen molar-refractivity contribution in [2.75, 3.05) is 35.7 Å². The van der Waals surface area contributed by atoms with Gasteiger partial charge >= 0.3 is 16.1 Å². The lowest BCUT2D eigenvalue weighted by Gasteiger charge is -2.42. The Hall–Kier alpha value is -2.13. The topological polar surface area (TPSA) is 78.4 Å². The molecule has 2 fully saturated rings. The minimum Gasteiger partial charge on any atom is -0.394 e. The summed E-state index contributed by atoms with van der Waals surface area (Å²) in [5, 5.41) is 12.9. The van der Waals surface area contributed by atoms with Crippen molar-refractivity contribution in [2.24, 2.45) is 0 Å². The molecule has 0 amide bonds. The van der Waals surface area contributed by atoms with Gasteiger partial charge in [-0.25, -0.2) is 4.98 Å². The molecule has 0 unspecified atom stereocenters. The monoisotopic (exact) mass is 574 g/mol. The van der Waals surface area contributed by atoms with E-state index in [1.165, 1.54) is 0 Å². The zero-order valence-corrected chi connectivity index (χ0v) is 21.0. The molecule has 15 heteroatoms. The smallest absolute Gasteiger partial charge is 0.310 e. The molecule has 6 nitrogen and oxygen atoms in total. The van der Waals surface area contributed by atoms with E-state index in [4.69, 9.17) is 0 Å². The van der Waals surface area contributed by atoms with Gasteiger partial charge in [-0.3, -0.25) is 4.21 Å². The van der Waals surface area contributed by atoms with Gasteiger partial charge in [0.05, 0.1) is 28.7 Å². The Morgan fingerprint density at radius 2 is 1.68 bits per heavy atom. The van der Waals surface area contributed by atoms with E-state index in [2.05, 4.69) is 15.3 Å². The van der Waals surface area contributed by atoms with Crippen LogP contribution in [-0.4, -0.2) is 50.3 Å². The highest BCUT2D eigenvalue weighted by Gasteiger charge is 2.65. The van der Waals surface area contributed by atoms with Gasteiger partial charge in [-0.15, -0.1) is 0 Å². The normalized spacial score (nSPS) is 25.1. The van der Waals surface area contributed by atoms with E-state index in [9.17, 15) is 37.5 Å². The fraction of sp³-hybridized carbons (Fsp3) is 0.545. The average Bonchev–Trinajstić information content (AvgIpc) is 3.03. The van der Waals surface area contributed by atoms with Crippen LogP contribution < -0.4 is 10.2 Å². The van der Waals surface area contributed by atoms with E-state index >= 15 is 0 Å². The zero-order valence-electron chi connectivity index (χ0n) is 19.4. The number of rotatable bonds is 6. The predicted molar refractivity (Wildman–Crippen MR) is 127 cm³/mol. The van der Waals surface area contributed by atoms with Gasteiger partial charge in [0.25, 0.3) is 0 Å². The second kappa shape index (κ2) is 7.94. The fourth-order valence-corrected chi connectivity index (χ4v) is 7.00. The molecule has 1 aliphatic carbocycles. The Kier molecular flexibility index (Phi) is 5.68. The molecule has 2 aliphatic heterocycles. The first kappa shape index (κ1) is 26.5. The molecule has 1 aromatic carbocycles. The third-order valence-electron chi connectivity index (χ3n) is 7.31. The molecule has 0 bridgehead atoms. The quantitative estimate of drug-likeness (QED) is 0.409. The number of alkyl halides is 2. The van der Waals surface area contributed by atoms with Crippen LogP contribution in [0.25, 0.3) is 0 Å². The van der Waals surface area contributed by atoms with Crippen LogP contribution in [0.2, 0.25) is 0 Å². The third kappa shape index (κ3) is 5.01. The van der Waals surface area contributed by atoms with Gasteiger partial charge in [0.2, 0.25) is 5.95 Å². The molecular weight excluding hydrogens is 549 g/mol. The van der Waals surface area contributed by atoms with E-state index in [-0.39, 0.29) is 42.3 Å². The summed E-state index contributed by atoms with van der Waals surface area (Å²) in [6, 6.07) is 2.88. The molecule has 206 valence electrons. The largest absolute Gasteiger partial charge is 0.394 e. The van der Waals surface area contributed by atoms with Crippen LogP contribution in [0.1, 0.15) is 49.3 Å². The number of aromatic nitrogens is 2. The Balaban J connectivity index is 1.37. The number of benzene rings is 1. The summed E-state index contributed by atoms with van der Waals surface area (Å²) in [7, 11) is -11.8. The molecule has 3 aliphatic rings. The van der Waals surface area contributed by atoms with Gasteiger partial charge in [0.1, 0.15) is 21.3 Å². The number of hydrogen-bond acceptors (Lipinski definition) is 6. The van der Waals surface area contributed by atoms with Crippen molar-refractivity contribution in [3.63, 3.8) is 0 Å². The number of nitrogens with one attached hydrogen (secondary N) is 1. The SMILES string of the molecule is O=[S@]1CC(F)(F)c2nc(N3CCC(c4ccc(S(F)(F)(F)(F)F)cc4)CC3)nc(NC3(CO)CCC3)c21. The van der Waals surface area contributed by atoms with Crippen molar-refractivity contribution in [2.45, 2.75) is 59.3 Å². The average molecular weight is 575 g/mol. The molecule has 1 saturated heterocycles. The molecule has 3 heterocycles. The van der Waals surface area contributed by atoms with Crippen molar-refractivity contribution in [1.29, 1.82) is 0 Å². The van der Waals surface area contributed by atoms with Crippen molar-refractivity contribution in [3.05, 3.63) is 35.5 Å². The number of aliphatic hydroxyl groups is 1. The summed E-state index contributed by atoms with van der Waals surface area (Å²) in [5.41, 5.74) is -0.866. The second-order valence-corrected chi connectivity index (χ2v) is 13.8. The molecule has 2 N–H and O–H groups in total. The maximum absolute atomic E-state index is 14.7. The van der Waals surface area contributed by atoms with Crippen LogP contribution in [0.5, 0.6) is 0 Å². The van der Waals surface area contributed by atoms with Crippen LogP contribution in [0.4, 0.5) is 40.0 Å². The lowest BCUT2D eigenvalue weighted by atomic mass is 9.77. The number of anilines is 2. The predicted octanol–water partition coefficient (Wildman–Crippen LogP) is 6.06. The zero-order chi connectivity index (χ0) is 26.9. The minimum atomic E-state index is -9.75. The van der Waals surface area contributed by atoms with Gasteiger partial charge in [-0.05, 0) is 55.7 Å². The van der Waals surface area contributed by atoms with Crippen molar-refractivity contribution >= 4 is 32.8 Å². The highest BCUT2D eigenvalue weighted by molar-refractivity contribution is 8.45. The maximum Gasteiger partial charge on any atom is 0.310 e. The van der Waals surface area contributed by atoms with Gasteiger partial charge in [-0.2, -0.15) is 13.8 Å².